The van der Waals surface area contributed by atoms with Gasteiger partial charge < -0.3 is 10.2 Å². The molecule has 2 heterocycles. The van der Waals surface area contributed by atoms with E-state index in [-0.39, 0.29) is 62.1 Å². The maximum absolute atomic E-state index is 13.3. The maximum Gasteiger partial charge on any atom is 0.398 e. The van der Waals surface area contributed by atoms with Crippen molar-refractivity contribution >= 4 is 29.7 Å². The zero-order valence-electron chi connectivity index (χ0n) is 19.7. The Hall–Kier alpha value is -3.95. The summed E-state index contributed by atoms with van der Waals surface area (Å²) < 4.78 is 39.8. The molecule has 2 aromatic carbocycles. The first-order valence-corrected chi connectivity index (χ1v) is 12.0. The van der Waals surface area contributed by atoms with E-state index in [1.165, 1.54) is 29.2 Å². The summed E-state index contributed by atoms with van der Waals surface area (Å²) in [5.74, 6) is -1.46. The van der Waals surface area contributed by atoms with Gasteiger partial charge in [0.2, 0.25) is 17.7 Å². The first kappa shape index (κ1) is 24.7. The molecular formula is C27H24F3N3O4. The van der Waals surface area contributed by atoms with Crippen molar-refractivity contribution in [1.29, 1.82) is 0 Å². The number of alkyl halides is 3. The number of nitrogens with one attached hydrogen (secondary N) is 2. The summed E-state index contributed by atoms with van der Waals surface area (Å²) in [5.41, 5.74) is 1.12. The van der Waals surface area contributed by atoms with Crippen LogP contribution in [-0.2, 0) is 32.9 Å². The van der Waals surface area contributed by atoms with E-state index in [1.807, 2.05) is 0 Å². The Morgan fingerprint density at radius 3 is 2.49 bits per heavy atom. The number of fused-ring (bicyclic) bond motifs is 1. The zero-order chi connectivity index (χ0) is 26.4. The minimum atomic E-state index is -4.27. The average molecular weight is 512 g/mol. The van der Waals surface area contributed by atoms with Gasteiger partial charge in [0.1, 0.15) is 6.04 Å². The van der Waals surface area contributed by atoms with Crippen LogP contribution in [0.5, 0.6) is 0 Å². The van der Waals surface area contributed by atoms with Gasteiger partial charge in [0.15, 0.2) is 0 Å². The Kier molecular flexibility index (Phi) is 6.13. The zero-order valence-corrected chi connectivity index (χ0v) is 19.7. The second-order valence-corrected chi connectivity index (χ2v) is 9.64. The van der Waals surface area contributed by atoms with Gasteiger partial charge >= 0.3 is 6.18 Å². The molecule has 192 valence electrons. The van der Waals surface area contributed by atoms with Crippen molar-refractivity contribution < 1.29 is 32.3 Å². The molecule has 4 amide bonds. The monoisotopic (exact) mass is 511 g/mol. The van der Waals surface area contributed by atoms with Gasteiger partial charge in [0.05, 0.1) is 5.41 Å². The number of benzene rings is 2. The highest BCUT2D eigenvalue weighted by atomic mass is 19.4. The highest BCUT2D eigenvalue weighted by Crippen LogP contribution is 2.58. The molecule has 37 heavy (non-hydrogen) atoms. The lowest BCUT2D eigenvalue weighted by Gasteiger charge is -2.29. The summed E-state index contributed by atoms with van der Waals surface area (Å²) >= 11 is 0. The SMILES string of the molecule is O=C(/C=C/c1ccc(C2(C(F)(F)F)CC2)cc1)NCc1ccc2c(c1)CN(C1CCC(=O)NC1=O)C2=O. The Bertz CT molecular complexity index is 1310. The number of rotatable bonds is 6. The molecule has 1 unspecified atom stereocenters. The largest absolute Gasteiger partial charge is 0.398 e. The molecule has 7 nitrogen and oxygen atoms in total. The third kappa shape index (κ3) is 4.75. The van der Waals surface area contributed by atoms with Crippen LogP contribution >= 0.6 is 0 Å². The van der Waals surface area contributed by atoms with Gasteiger partial charge in [-0.05, 0) is 53.7 Å². The first-order valence-electron chi connectivity index (χ1n) is 12.0. The lowest BCUT2D eigenvalue weighted by atomic mass is 9.94. The van der Waals surface area contributed by atoms with Gasteiger partial charge in [-0.1, -0.05) is 36.4 Å². The van der Waals surface area contributed by atoms with Gasteiger partial charge in [0, 0.05) is 31.1 Å². The summed E-state index contributed by atoms with van der Waals surface area (Å²) in [6.45, 7) is 0.448. The van der Waals surface area contributed by atoms with E-state index in [0.29, 0.717) is 11.1 Å². The second kappa shape index (κ2) is 9.17. The van der Waals surface area contributed by atoms with Crippen LogP contribution < -0.4 is 10.6 Å². The van der Waals surface area contributed by atoms with E-state index in [0.717, 1.165) is 11.1 Å². The van der Waals surface area contributed by atoms with E-state index >= 15 is 0 Å². The van der Waals surface area contributed by atoms with E-state index in [2.05, 4.69) is 10.6 Å². The van der Waals surface area contributed by atoms with E-state index in [4.69, 9.17) is 0 Å². The molecule has 2 N–H and O–H groups in total. The minimum Gasteiger partial charge on any atom is -0.348 e. The summed E-state index contributed by atoms with van der Waals surface area (Å²) in [4.78, 5) is 50.1. The van der Waals surface area contributed by atoms with Crippen LogP contribution in [-0.4, -0.2) is 40.7 Å². The van der Waals surface area contributed by atoms with Crippen molar-refractivity contribution in [2.24, 2.45) is 0 Å². The fourth-order valence-electron chi connectivity index (χ4n) is 4.93. The minimum absolute atomic E-state index is 0.0971. The third-order valence-electron chi connectivity index (χ3n) is 7.24. The fraction of sp³-hybridized carbons (Fsp3) is 0.333. The number of hydrogen-bond donors (Lipinski definition) is 2. The predicted octanol–water partition coefficient (Wildman–Crippen LogP) is 3.37. The number of piperidine rings is 1. The Morgan fingerprint density at radius 2 is 1.84 bits per heavy atom. The smallest absolute Gasteiger partial charge is 0.348 e. The van der Waals surface area contributed by atoms with Crippen LogP contribution in [0.3, 0.4) is 0 Å². The molecule has 10 heteroatoms. The number of halogens is 3. The van der Waals surface area contributed by atoms with Crippen molar-refractivity contribution in [3.63, 3.8) is 0 Å². The number of hydrogen-bond acceptors (Lipinski definition) is 4. The number of imide groups is 1. The van der Waals surface area contributed by atoms with Gasteiger partial charge in [-0.3, -0.25) is 24.5 Å². The summed E-state index contributed by atoms with van der Waals surface area (Å²) in [5, 5.41) is 5.02. The fourth-order valence-corrected chi connectivity index (χ4v) is 4.93. The van der Waals surface area contributed by atoms with Crippen molar-refractivity contribution in [3.8, 4) is 0 Å². The van der Waals surface area contributed by atoms with E-state index in [1.54, 1.807) is 30.3 Å². The highest BCUT2D eigenvalue weighted by Gasteiger charge is 2.64. The topological polar surface area (TPSA) is 95.6 Å². The molecule has 2 aromatic rings. The molecule has 5 rings (SSSR count). The van der Waals surface area contributed by atoms with Crippen molar-refractivity contribution in [1.82, 2.24) is 15.5 Å². The van der Waals surface area contributed by atoms with Gasteiger partial charge in [0.25, 0.3) is 5.91 Å². The van der Waals surface area contributed by atoms with Crippen LogP contribution in [0.2, 0.25) is 0 Å². The van der Waals surface area contributed by atoms with Crippen LogP contribution in [0.25, 0.3) is 6.08 Å². The second-order valence-electron chi connectivity index (χ2n) is 9.64. The lowest BCUT2D eigenvalue weighted by Crippen LogP contribution is -2.52. The Labute approximate surface area is 210 Å². The molecule has 1 aliphatic carbocycles. The summed E-state index contributed by atoms with van der Waals surface area (Å²) in [6, 6.07) is 10.5. The van der Waals surface area contributed by atoms with Crippen molar-refractivity contribution in [2.75, 3.05) is 0 Å². The first-order chi connectivity index (χ1) is 17.6. The van der Waals surface area contributed by atoms with E-state index < -0.39 is 23.5 Å². The summed E-state index contributed by atoms with van der Waals surface area (Å²) in [7, 11) is 0. The molecule has 1 atom stereocenters. The average Bonchev–Trinajstić information content (AvgIpc) is 3.62. The molecule has 2 fully saturated rings. The van der Waals surface area contributed by atoms with Crippen LogP contribution in [0.4, 0.5) is 13.2 Å². The molecule has 0 aromatic heterocycles. The normalized spacial score (nSPS) is 20.7. The predicted molar refractivity (Wildman–Crippen MR) is 127 cm³/mol. The van der Waals surface area contributed by atoms with Crippen LogP contribution in [0.1, 0.15) is 58.3 Å². The number of carbonyl (C=O) groups excluding carboxylic acids is 4. The molecule has 2 aliphatic heterocycles. The van der Waals surface area contributed by atoms with Gasteiger partial charge in [-0.2, -0.15) is 13.2 Å². The van der Waals surface area contributed by atoms with Crippen LogP contribution in [0.15, 0.2) is 48.5 Å². The number of carbonyl (C=O) groups is 4. The maximum atomic E-state index is 13.3. The number of amides is 4. The molecule has 0 spiro atoms. The third-order valence-corrected chi connectivity index (χ3v) is 7.24. The Morgan fingerprint density at radius 1 is 1.11 bits per heavy atom. The molecule has 1 saturated heterocycles. The summed E-state index contributed by atoms with van der Waals surface area (Å²) in [6.07, 6.45) is -0.762. The Balaban J connectivity index is 1.17. The molecule has 0 bridgehead atoms. The quantitative estimate of drug-likeness (QED) is 0.459. The molecule has 3 aliphatic rings. The van der Waals surface area contributed by atoms with Gasteiger partial charge in [-0.25, -0.2) is 0 Å². The lowest BCUT2D eigenvalue weighted by molar-refractivity contribution is -0.160. The molecular weight excluding hydrogens is 487 g/mol. The van der Waals surface area contributed by atoms with Crippen molar-refractivity contribution in [3.05, 3.63) is 76.4 Å². The van der Waals surface area contributed by atoms with Gasteiger partial charge in [-0.15, -0.1) is 0 Å². The van der Waals surface area contributed by atoms with Crippen molar-refractivity contribution in [2.45, 2.75) is 56.4 Å². The highest BCUT2D eigenvalue weighted by molar-refractivity contribution is 6.05. The molecule has 1 saturated carbocycles. The standard InChI is InChI=1S/C27H24F3N3O4/c28-27(29,30)26(11-12-26)19-5-1-16(2-6-19)4-9-22(34)31-14-17-3-7-20-18(13-17)15-33(25(20)37)21-8-10-23(35)32-24(21)36/h1-7,9,13,21H,8,10-12,14-15H2,(H,31,34)(H,32,35,36)/b9-4+. The number of nitrogens with zero attached hydrogens (tertiary/aromatic N) is 1. The van der Waals surface area contributed by atoms with E-state index in [9.17, 15) is 32.3 Å². The van der Waals surface area contributed by atoms with Crippen LogP contribution in [0, 0.1) is 0 Å². The molecule has 0 radical (unpaired) electrons.